The Morgan fingerprint density at radius 1 is 1.17 bits per heavy atom. The van der Waals surface area contributed by atoms with Crippen molar-refractivity contribution in [2.75, 3.05) is 0 Å². The number of rotatable bonds is 2. The Bertz CT molecular complexity index is 595. The molecular formula is C13H12ClF2NS. The second-order valence-corrected chi connectivity index (χ2v) is 5.49. The molecule has 1 aromatic heterocycles. The third-order valence-corrected chi connectivity index (χ3v) is 4.62. The largest absolute Gasteiger partial charge is 0.319 e. The molecule has 0 aliphatic rings. The summed E-state index contributed by atoms with van der Waals surface area (Å²) >= 11 is 7.44. The van der Waals surface area contributed by atoms with Crippen LogP contribution in [0.5, 0.6) is 0 Å². The van der Waals surface area contributed by atoms with E-state index >= 15 is 0 Å². The molecule has 96 valence electrons. The first kappa shape index (κ1) is 13.5. The summed E-state index contributed by atoms with van der Waals surface area (Å²) in [5.41, 5.74) is 7.25. The zero-order chi connectivity index (χ0) is 13.4. The average Bonchev–Trinajstić information content (AvgIpc) is 2.64. The van der Waals surface area contributed by atoms with Crippen LogP contribution < -0.4 is 5.73 Å². The van der Waals surface area contributed by atoms with Gasteiger partial charge < -0.3 is 5.73 Å². The lowest BCUT2D eigenvalue weighted by molar-refractivity contribution is 0.571. The van der Waals surface area contributed by atoms with Gasteiger partial charge in [-0.15, -0.1) is 11.3 Å². The SMILES string of the molecule is Cc1cc(F)c(C(N)c2scc(C)c2Cl)cc1F. The Morgan fingerprint density at radius 2 is 1.83 bits per heavy atom. The molecule has 5 heteroatoms. The molecule has 0 saturated carbocycles. The van der Waals surface area contributed by atoms with Crippen LogP contribution in [0, 0.1) is 25.5 Å². The van der Waals surface area contributed by atoms with Crippen LogP contribution in [0.2, 0.25) is 5.02 Å². The van der Waals surface area contributed by atoms with Crippen LogP contribution in [-0.4, -0.2) is 0 Å². The van der Waals surface area contributed by atoms with Gasteiger partial charge in [0.05, 0.1) is 11.1 Å². The second kappa shape index (κ2) is 4.96. The summed E-state index contributed by atoms with van der Waals surface area (Å²) in [5, 5.41) is 2.37. The highest BCUT2D eigenvalue weighted by Gasteiger charge is 2.20. The smallest absolute Gasteiger partial charge is 0.128 e. The van der Waals surface area contributed by atoms with Crippen molar-refractivity contribution in [1.82, 2.24) is 0 Å². The predicted molar refractivity (Wildman–Crippen MR) is 71.2 cm³/mol. The fourth-order valence-corrected chi connectivity index (χ4v) is 3.03. The van der Waals surface area contributed by atoms with E-state index in [-0.39, 0.29) is 11.1 Å². The van der Waals surface area contributed by atoms with Crippen molar-refractivity contribution in [2.24, 2.45) is 5.73 Å². The minimum Gasteiger partial charge on any atom is -0.319 e. The highest BCUT2D eigenvalue weighted by atomic mass is 35.5. The van der Waals surface area contributed by atoms with Crippen molar-refractivity contribution in [3.05, 3.63) is 55.7 Å². The summed E-state index contributed by atoms with van der Waals surface area (Å²) in [7, 11) is 0. The van der Waals surface area contributed by atoms with Gasteiger partial charge in [-0.25, -0.2) is 8.78 Å². The summed E-state index contributed by atoms with van der Waals surface area (Å²) in [6.07, 6.45) is 0. The number of aryl methyl sites for hydroxylation is 2. The molecule has 1 unspecified atom stereocenters. The van der Waals surface area contributed by atoms with E-state index in [4.69, 9.17) is 17.3 Å². The van der Waals surface area contributed by atoms with Gasteiger partial charge >= 0.3 is 0 Å². The van der Waals surface area contributed by atoms with Gasteiger partial charge in [0, 0.05) is 10.4 Å². The number of hydrogen-bond donors (Lipinski definition) is 1. The van der Waals surface area contributed by atoms with Crippen LogP contribution >= 0.6 is 22.9 Å². The summed E-state index contributed by atoms with van der Waals surface area (Å²) < 4.78 is 27.3. The topological polar surface area (TPSA) is 26.0 Å². The van der Waals surface area contributed by atoms with Gasteiger partial charge in [-0.3, -0.25) is 0 Å². The Morgan fingerprint density at radius 3 is 2.39 bits per heavy atom. The van der Waals surface area contributed by atoms with Crippen LogP contribution in [0.1, 0.15) is 27.6 Å². The molecule has 0 saturated heterocycles. The molecular weight excluding hydrogens is 276 g/mol. The quantitative estimate of drug-likeness (QED) is 0.873. The molecule has 2 N–H and O–H groups in total. The maximum Gasteiger partial charge on any atom is 0.128 e. The molecule has 0 fully saturated rings. The van der Waals surface area contributed by atoms with Gasteiger partial charge in [-0.1, -0.05) is 11.6 Å². The Labute approximate surface area is 113 Å². The Hall–Kier alpha value is -0.970. The molecule has 0 radical (unpaired) electrons. The van der Waals surface area contributed by atoms with Gasteiger partial charge in [0.15, 0.2) is 0 Å². The summed E-state index contributed by atoms with van der Waals surface area (Å²) in [5.74, 6) is -0.977. The van der Waals surface area contributed by atoms with Gasteiger partial charge in [-0.2, -0.15) is 0 Å². The Balaban J connectivity index is 2.49. The maximum absolute atomic E-state index is 13.8. The van der Waals surface area contributed by atoms with Gasteiger partial charge in [0.1, 0.15) is 11.6 Å². The average molecular weight is 288 g/mol. The van der Waals surface area contributed by atoms with Crippen LogP contribution in [0.3, 0.4) is 0 Å². The number of benzene rings is 1. The lowest BCUT2D eigenvalue weighted by atomic mass is 10.0. The van der Waals surface area contributed by atoms with E-state index in [9.17, 15) is 8.78 Å². The molecule has 18 heavy (non-hydrogen) atoms. The molecule has 0 spiro atoms. The monoisotopic (exact) mass is 287 g/mol. The number of nitrogens with two attached hydrogens (primary N) is 1. The minimum atomic E-state index is -0.744. The number of hydrogen-bond acceptors (Lipinski definition) is 2. The van der Waals surface area contributed by atoms with Crippen molar-refractivity contribution in [1.29, 1.82) is 0 Å². The molecule has 0 bridgehead atoms. The normalized spacial score (nSPS) is 12.8. The standard InChI is InChI=1S/C13H12ClF2NS/c1-6-3-10(16)8(4-9(6)15)12(17)13-11(14)7(2)5-18-13/h3-5,12H,17H2,1-2H3. The van der Waals surface area contributed by atoms with Crippen molar-refractivity contribution in [2.45, 2.75) is 19.9 Å². The number of thiophene rings is 1. The first-order valence-corrected chi connectivity index (χ1v) is 6.62. The first-order valence-electron chi connectivity index (χ1n) is 5.36. The van der Waals surface area contributed by atoms with E-state index in [2.05, 4.69) is 0 Å². The second-order valence-electron chi connectivity index (χ2n) is 4.20. The maximum atomic E-state index is 13.8. The van der Waals surface area contributed by atoms with E-state index in [0.717, 1.165) is 17.7 Å². The van der Waals surface area contributed by atoms with Crippen molar-refractivity contribution in [3.63, 3.8) is 0 Å². The van der Waals surface area contributed by atoms with E-state index in [1.54, 1.807) is 0 Å². The van der Waals surface area contributed by atoms with Crippen LogP contribution in [0.15, 0.2) is 17.5 Å². The molecule has 1 atom stereocenters. The molecule has 1 nitrogen and oxygen atoms in total. The van der Waals surface area contributed by atoms with Gasteiger partial charge in [-0.05, 0) is 42.5 Å². The predicted octanol–water partition coefficient (Wildman–Crippen LogP) is 4.34. The van der Waals surface area contributed by atoms with Crippen molar-refractivity contribution in [3.8, 4) is 0 Å². The highest BCUT2D eigenvalue weighted by molar-refractivity contribution is 7.10. The molecule has 2 rings (SSSR count). The van der Waals surface area contributed by atoms with Crippen LogP contribution in [-0.2, 0) is 0 Å². The zero-order valence-corrected chi connectivity index (χ0v) is 11.5. The first-order chi connectivity index (χ1) is 8.41. The summed E-state index contributed by atoms with van der Waals surface area (Å²) in [6, 6.07) is 1.55. The van der Waals surface area contributed by atoms with E-state index in [0.29, 0.717) is 9.90 Å². The third kappa shape index (κ3) is 2.28. The van der Waals surface area contributed by atoms with E-state index in [1.165, 1.54) is 18.3 Å². The zero-order valence-electron chi connectivity index (χ0n) is 9.93. The lowest BCUT2D eigenvalue weighted by Crippen LogP contribution is -2.13. The van der Waals surface area contributed by atoms with Crippen molar-refractivity contribution >= 4 is 22.9 Å². The molecule has 0 amide bonds. The molecule has 0 aliphatic carbocycles. The molecule has 0 aliphatic heterocycles. The summed E-state index contributed by atoms with van der Waals surface area (Å²) in [4.78, 5) is 0.649. The van der Waals surface area contributed by atoms with E-state index in [1.807, 2.05) is 12.3 Å². The molecule has 1 heterocycles. The fourth-order valence-electron chi connectivity index (χ4n) is 1.70. The summed E-state index contributed by atoms with van der Waals surface area (Å²) in [6.45, 7) is 3.36. The van der Waals surface area contributed by atoms with Gasteiger partial charge in [0.25, 0.3) is 0 Å². The van der Waals surface area contributed by atoms with Crippen LogP contribution in [0.4, 0.5) is 8.78 Å². The minimum absolute atomic E-state index is 0.127. The fraction of sp³-hybridized carbons (Fsp3) is 0.231. The van der Waals surface area contributed by atoms with Crippen LogP contribution in [0.25, 0.3) is 0 Å². The highest BCUT2D eigenvalue weighted by Crippen LogP contribution is 2.35. The lowest BCUT2D eigenvalue weighted by Gasteiger charge is -2.13. The Kier molecular flexibility index (Phi) is 3.71. The molecule has 2 aromatic rings. The number of halogens is 3. The van der Waals surface area contributed by atoms with E-state index < -0.39 is 17.7 Å². The van der Waals surface area contributed by atoms with Crippen molar-refractivity contribution < 1.29 is 8.78 Å². The third-order valence-electron chi connectivity index (χ3n) is 2.82. The van der Waals surface area contributed by atoms with Gasteiger partial charge in [0.2, 0.25) is 0 Å². The molecule has 1 aromatic carbocycles.